The molecule has 0 aliphatic rings. The monoisotopic (exact) mass is 764 g/mol. The molecule has 0 heterocycles. The van der Waals surface area contributed by atoms with Crippen molar-refractivity contribution in [2.24, 2.45) is 86.7 Å². The summed E-state index contributed by atoms with van der Waals surface area (Å²) in [6, 6.07) is 18.2. The topological polar surface area (TPSA) is 365 Å². The van der Waals surface area contributed by atoms with Gasteiger partial charge in [0.2, 0.25) is 35.7 Å². The van der Waals surface area contributed by atoms with Crippen molar-refractivity contribution in [2.45, 2.75) is 53.4 Å². The first-order chi connectivity index (χ1) is 26.5. The Morgan fingerprint density at radius 2 is 0.732 bits per heavy atom. The van der Waals surface area contributed by atoms with Crippen molar-refractivity contribution in [3.05, 3.63) is 94.0 Å². The molecule has 0 fully saturated rings. The standard InChI is InChI=1S/C36H48N18O2/c1-19(47-51-33(37)38)25-13-26(20(2)48-52-34(39)40)16-29(15-25)45-31(55)10-8-23-6-5-7-24(12-23)9-11-32(56)46-30-17-27(21(3)49-53-35(41)42)14-28(18-30)22(4)50-54-36(43)44/h5-7,12-18H,8-11H2,1-4H3,(H,45,55)(H,46,56)(H4,37,38,51)(H4,39,40,52)(H4,41,42,53)(H4,43,44,54)/b47-19-,48-20-,49-21?,50-22?. The Morgan fingerprint density at radius 1 is 0.446 bits per heavy atom. The molecular formula is C36H48N18O2. The van der Waals surface area contributed by atoms with E-state index in [0.717, 1.165) is 11.1 Å². The lowest BCUT2D eigenvalue weighted by Gasteiger charge is -2.12. The minimum Gasteiger partial charge on any atom is -0.369 e. The number of nitrogens with one attached hydrogen (secondary N) is 2. The van der Waals surface area contributed by atoms with E-state index in [-0.39, 0.29) is 48.5 Å². The summed E-state index contributed by atoms with van der Waals surface area (Å²) in [7, 11) is 0. The van der Waals surface area contributed by atoms with Gasteiger partial charge in [-0.3, -0.25) is 9.59 Å². The Balaban J connectivity index is 1.71. The van der Waals surface area contributed by atoms with Crippen LogP contribution in [0.3, 0.4) is 0 Å². The van der Waals surface area contributed by atoms with E-state index in [2.05, 4.69) is 51.4 Å². The van der Waals surface area contributed by atoms with E-state index in [9.17, 15) is 9.59 Å². The second-order valence-corrected chi connectivity index (χ2v) is 12.4. The summed E-state index contributed by atoms with van der Waals surface area (Å²) in [4.78, 5) is 26.3. The zero-order valence-corrected chi connectivity index (χ0v) is 31.6. The summed E-state index contributed by atoms with van der Waals surface area (Å²) in [5, 5.41) is 36.9. The minimum absolute atomic E-state index is 0.183. The number of hydrogen-bond donors (Lipinski definition) is 10. The maximum atomic E-state index is 13.1. The quantitative estimate of drug-likeness (QED) is 0.0556. The fraction of sp³-hybridized carbons (Fsp3) is 0.222. The van der Waals surface area contributed by atoms with Crippen LogP contribution in [0.5, 0.6) is 0 Å². The fourth-order valence-electron chi connectivity index (χ4n) is 4.90. The molecule has 0 saturated heterocycles. The highest BCUT2D eigenvalue weighted by Crippen LogP contribution is 2.20. The summed E-state index contributed by atoms with van der Waals surface area (Å²) in [6.45, 7) is 6.87. The lowest BCUT2D eigenvalue weighted by atomic mass is 10.0. The van der Waals surface area contributed by atoms with Gasteiger partial charge in [-0.15, -0.1) is 20.4 Å². The van der Waals surface area contributed by atoms with E-state index < -0.39 is 0 Å². The van der Waals surface area contributed by atoms with Crippen molar-refractivity contribution >= 4 is 69.9 Å². The highest BCUT2D eigenvalue weighted by molar-refractivity contribution is 6.07. The Morgan fingerprint density at radius 3 is 1.00 bits per heavy atom. The summed E-state index contributed by atoms with van der Waals surface area (Å²) >= 11 is 0. The van der Waals surface area contributed by atoms with Gasteiger partial charge in [0.15, 0.2) is 0 Å². The molecule has 0 aromatic heterocycles. The van der Waals surface area contributed by atoms with E-state index in [4.69, 9.17) is 45.9 Å². The Hall–Kier alpha value is -7.64. The van der Waals surface area contributed by atoms with E-state index >= 15 is 0 Å². The van der Waals surface area contributed by atoms with Crippen LogP contribution >= 0.6 is 0 Å². The van der Waals surface area contributed by atoms with Gasteiger partial charge < -0.3 is 56.5 Å². The average Bonchev–Trinajstić information content (AvgIpc) is 3.15. The smallest absolute Gasteiger partial charge is 0.224 e. The highest BCUT2D eigenvalue weighted by Gasteiger charge is 2.12. The highest BCUT2D eigenvalue weighted by atomic mass is 16.2. The van der Waals surface area contributed by atoms with Crippen molar-refractivity contribution in [1.82, 2.24) is 0 Å². The van der Waals surface area contributed by atoms with Gasteiger partial charge >= 0.3 is 0 Å². The van der Waals surface area contributed by atoms with E-state index in [0.29, 0.717) is 69.3 Å². The maximum absolute atomic E-state index is 13.1. The lowest BCUT2D eigenvalue weighted by Crippen LogP contribution is -2.22. The molecule has 294 valence electrons. The van der Waals surface area contributed by atoms with Gasteiger partial charge in [-0.25, -0.2) is 0 Å². The number of nitrogens with two attached hydrogens (primary N) is 8. The van der Waals surface area contributed by atoms with Gasteiger partial charge in [0.25, 0.3) is 0 Å². The number of guanidine groups is 4. The number of rotatable bonds is 16. The van der Waals surface area contributed by atoms with Crippen molar-refractivity contribution in [2.75, 3.05) is 10.6 Å². The molecule has 0 bridgehead atoms. The van der Waals surface area contributed by atoms with Crippen molar-refractivity contribution in [3.63, 3.8) is 0 Å². The van der Waals surface area contributed by atoms with E-state index in [1.807, 2.05) is 24.3 Å². The van der Waals surface area contributed by atoms with Crippen LogP contribution in [0.25, 0.3) is 0 Å². The molecule has 18 N–H and O–H groups in total. The third-order valence-electron chi connectivity index (χ3n) is 7.64. The van der Waals surface area contributed by atoms with Crippen LogP contribution in [0.2, 0.25) is 0 Å². The molecule has 20 heteroatoms. The summed E-state index contributed by atoms with van der Waals surface area (Å²) in [5.74, 6) is -1.26. The molecule has 3 aromatic rings. The molecule has 0 aliphatic carbocycles. The second-order valence-electron chi connectivity index (χ2n) is 12.4. The van der Waals surface area contributed by atoms with Crippen LogP contribution in [0.1, 0.15) is 73.9 Å². The summed E-state index contributed by atoms with van der Waals surface area (Å²) in [5.41, 5.74) is 50.7. The molecule has 3 aromatic carbocycles. The average molecular weight is 765 g/mol. The Labute approximate surface area is 323 Å². The van der Waals surface area contributed by atoms with Crippen LogP contribution in [-0.4, -0.2) is 58.5 Å². The van der Waals surface area contributed by atoms with Crippen LogP contribution in [0, 0.1) is 0 Å². The van der Waals surface area contributed by atoms with Crippen molar-refractivity contribution in [3.8, 4) is 0 Å². The van der Waals surface area contributed by atoms with E-state index in [1.165, 1.54) is 0 Å². The normalized spacial score (nSPS) is 11.9. The first-order valence-corrected chi connectivity index (χ1v) is 17.0. The molecule has 0 aliphatic heterocycles. The SMILES string of the molecule is CC(=NN=C(N)N)c1cc(NC(=O)CCc2cccc(CCC(=O)Nc3cc(/C(C)=N\N=C(N)N)cc(/C(C)=N\N=C(N)N)c3)c2)cc(C(C)=NN=C(N)N)c1. The summed E-state index contributed by atoms with van der Waals surface area (Å²) < 4.78 is 0. The first kappa shape index (κ1) is 42.8. The molecular weight excluding hydrogens is 717 g/mol. The lowest BCUT2D eigenvalue weighted by molar-refractivity contribution is -0.117. The van der Waals surface area contributed by atoms with Crippen molar-refractivity contribution in [1.29, 1.82) is 0 Å². The number of anilines is 2. The van der Waals surface area contributed by atoms with Crippen LogP contribution in [0.15, 0.2) is 101 Å². The number of carbonyl (C=O) groups is 2. The molecule has 0 spiro atoms. The maximum Gasteiger partial charge on any atom is 0.224 e. The van der Waals surface area contributed by atoms with Gasteiger partial charge in [-0.2, -0.15) is 20.4 Å². The number of benzene rings is 3. The number of nitrogens with zero attached hydrogens (tertiary/aromatic N) is 8. The predicted octanol–water partition coefficient (Wildman–Crippen LogP) is 0.819. The van der Waals surface area contributed by atoms with Gasteiger partial charge in [-0.05, 0) is 88.1 Å². The number of carbonyl (C=O) groups excluding carboxylic acids is 2. The molecule has 20 nitrogen and oxygen atoms in total. The summed E-state index contributed by atoms with van der Waals surface area (Å²) in [6.07, 6.45) is 1.27. The Kier molecular flexibility index (Phi) is 15.7. The molecule has 0 radical (unpaired) electrons. The van der Waals surface area contributed by atoms with Gasteiger partial charge in [-0.1, -0.05) is 24.3 Å². The van der Waals surface area contributed by atoms with Crippen molar-refractivity contribution < 1.29 is 9.59 Å². The molecule has 0 atom stereocenters. The number of hydrogen-bond acceptors (Lipinski definition) is 10. The molecule has 0 saturated carbocycles. The third-order valence-corrected chi connectivity index (χ3v) is 7.64. The van der Waals surface area contributed by atoms with E-state index in [1.54, 1.807) is 64.1 Å². The van der Waals surface area contributed by atoms with Crippen LogP contribution in [0.4, 0.5) is 11.4 Å². The first-order valence-electron chi connectivity index (χ1n) is 17.0. The predicted molar refractivity (Wildman–Crippen MR) is 225 cm³/mol. The largest absolute Gasteiger partial charge is 0.369 e. The van der Waals surface area contributed by atoms with Crippen LogP contribution < -0.4 is 56.5 Å². The molecule has 56 heavy (non-hydrogen) atoms. The minimum atomic E-state index is -0.228. The molecule has 2 amide bonds. The Bertz CT molecular complexity index is 1910. The van der Waals surface area contributed by atoms with Gasteiger partial charge in [0.1, 0.15) is 0 Å². The van der Waals surface area contributed by atoms with Gasteiger partial charge in [0.05, 0.1) is 22.8 Å². The van der Waals surface area contributed by atoms with Gasteiger partial charge in [0, 0.05) is 46.5 Å². The number of amides is 2. The molecule has 3 rings (SSSR count). The van der Waals surface area contributed by atoms with Crippen LogP contribution in [-0.2, 0) is 22.4 Å². The second kappa shape index (κ2) is 20.6. The third kappa shape index (κ3) is 14.8. The fourth-order valence-corrected chi connectivity index (χ4v) is 4.90. The zero-order valence-electron chi connectivity index (χ0n) is 31.6. The zero-order chi connectivity index (χ0) is 41.4. The number of aryl methyl sites for hydroxylation is 2. The molecule has 0 unspecified atom stereocenters.